The lowest BCUT2D eigenvalue weighted by Crippen LogP contribution is -2.40. The minimum atomic E-state index is -1.29. The number of nitrogen functional groups attached to an aromatic ring is 1. The number of amides is 3. The Bertz CT molecular complexity index is 1690. The molecule has 7 rings (SSSR count). The molecule has 4 N–H and O–H groups in total. The fourth-order valence-electron chi connectivity index (χ4n) is 6.05. The second-order valence-electron chi connectivity index (χ2n) is 10.6. The SMILES string of the molecule is Nc1ncnc2c1ncn2[C@@H]1O[C@H](CCN2C(=O)N(c3ccccc3)C(=O)C2CC2C=Nc3ccccc32)[C@@H](O)C1O. The van der Waals surface area contributed by atoms with Crippen molar-refractivity contribution < 1.29 is 24.5 Å². The molecule has 2 aromatic heterocycles. The van der Waals surface area contributed by atoms with Crippen molar-refractivity contribution in [3.63, 3.8) is 0 Å². The van der Waals surface area contributed by atoms with E-state index in [2.05, 4.69) is 19.9 Å². The zero-order valence-electron chi connectivity index (χ0n) is 22.3. The van der Waals surface area contributed by atoms with Crippen molar-refractivity contribution in [3.05, 3.63) is 72.8 Å². The number of urea groups is 1. The zero-order valence-corrected chi connectivity index (χ0v) is 22.3. The van der Waals surface area contributed by atoms with Crippen molar-refractivity contribution in [3.8, 4) is 0 Å². The quantitative estimate of drug-likeness (QED) is 0.282. The van der Waals surface area contributed by atoms with E-state index in [1.165, 1.54) is 27.0 Å². The molecule has 0 bridgehead atoms. The molecule has 5 heterocycles. The summed E-state index contributed by atoms with van der Waals surface area (Å²) < 4.78 is 7.59. The predicted octanol–water partition coefficient (Wildman–Crippen LogP) is 2.15. The Kier molecular flexibility index (Phi) is 6.41. The molecule has 2 aromatic carbocycles. The third-order valence-electron chi connectivity index (χ3n) is 8.19. The van der Waals surface area contributed by atoms with Gasteiger partial charge in [0.1, 0.15) is 30.1 Å². The molecule has 3 unspecified atom stereocenters. The number of hydrogen-bond donors (Lipinski definition) is 3. The molecule has 0 aliphatic carbocycles. The van der Waals surface area contributed by atoms with Crippen LogP contribution in [0.5, 0.6) is 0 Å². The standard InChI is InChI=1S/C29H28N8O5/c30-25-22-26(33-14-32-25)36(15-34-22)28-24(39)23(38)21(42-28)10-11-35-20(12-16-13-31-19-9-5-4-8-18(16)19)27(40)37(29(35)41)17-6-2-1-3-7-17/h1-9,13-16,20-21,23-24,28,38-39H,10-12H2,(H2,30,32,33)/t16?,20?,21-,23-,24?,28-/m1/s1. The molecule has 13 nitrogen and oxygen atoms in total. The minimum Gasteiger partial charge on any atom is -0.388 e. The maximum Gasteiger partial charge on any atom is 0.332 e. The molecule has 3 aliphatic heterocycles. The van der Waals surface area contributed by atoms with Crippen molar-refractivity contribution in [2.45, 2.75) is 49.3 Å². The topological polar surface area (TPSA) is 172 Å². The number of benzene rings is 2. The van der Waals surface area contributed by atoms with Gasteiger partial charge < -0.3 is 25.6 Å². The molecular weight excluding hydrogens is 540 g/mol. The highest BCUT2D eigenvalue weighted by Gasteiger charge is 2.49. The number of aliphatic hydroxyl groups excluding tert-OH is 2. The Morgan fingerprint density at radius 2 is 1.74 bits per heavy atom. The number of carbonyl (C=O) groups is 2. The number of nitrogens with two attached hydrogens (primary N) is 1. The lowest BCUT2D eigenvalue weighted by atomic mass is 9.93. The van der Waals surface area contributed by atoms with E-state index in [0.29, 0.717) is 23.3 Å². The number of imide groups is 1. The zero-order chi connectivity index (χ0) is 29.0. The lowest BCUT2D eigenvalue weighted by molar-refractivity contribution is -0.120. The third-order valence-corrected chi connectivity index (χ3v) is 8.19. The number of hydrogen-bond acceptors (Lipinski definition) is 10. The van der Waals surface area contributed by atoms with Crippen LogP contribution in [0.25, 0.3) is 11.2 Å². The summed E-state index contributed by atoms with van der Waals surface area (Å²) in [6.07, 6.45) is 0.709. The molecule has 13 heteroatoms. The van der Waals surface area contributed by atoms with E-state index in [9.17, 15) is 19.8 Å². The summed E-state index contributed by atoms with van der Waals surface area (Å²) in [7, 11) is 0. The maximum absolute atomic E-state index is 13.8. The number of aliphatic imine (C=N–C) groups is 1. The van der Waals surface area contributed by atoms with Crippen LogP contribution < -0.4 is 10.6 Å². The van der Waals surface area contributed by atoms with Gasteiger partial charge in [0.25, 0.3) is 5.91 Å². The smallest absolute Gasteiger partial charge is 0.332 e. The van der Waals surface area contributed by atoms with Gasteiger partial charge in [-0.3, -0.25) is 14.4 Å². The Morgan fingerprint density at radius 1 is 0.952 bits per heavy atom. The summed E-state index contributed by atoms with van der Waals surface area (Å²) in [5.74, 6) is -0.272. The van der Waals surface area contributed by atoms with Crippen LogP contribution in [0.2, 0.25) is 0 Å². The van der Waals surface area contributed by atoms with Crippen molar-refractivity contribution in [2.75, 3.05) is 17.2 Å². The summed E-state index contributed by atoms with van der Waals surface area (Å²) in [6.45, 7) is 0.116. The van der Waals surface area contributed by atoms with Gasteiger partial charge in [-0.05, 0) is 36.6 Å². The second kappa shape index (κ2) is 10.3. The average Bonchev–Trinajstić information content (AvgIpc) is 3.74. The van der Waals surface area contributed by atoms with Gasteiger partial charge in [0.15, 0.2) is 17.7 Å². The average molecular weight is 569 g/mol. The normalized spacial score (nSPS) is 27.0. The first kappa shape index (κ1) is 26.2. The number of para-hydroxylation sites is 2. The van der Waals surface area contributed by atoms with E-state index < -0.39 is 36.6 Å². The van der Waals surface area contributed by atoms with E-state index in [1.807, 2.05) is 36.5 Å². The Balaban J connectivity index is 1.13. The number of anilines is 2. The first-order chi connectivity index (χ1) is 20.4. The predicted molar refractivity (Wildman–Crippen MR) is 152 cm³/mol. The fourth-order valence-corrected chi connectivity index (χ4v) is 6.05. The Hall–Kier alpha value is -4.72. The molecular formula is C29H28N8O5. The van der Waals surface area contributed by atoms with Crippen molar-refractivity contribution >= 4 is 46.5 Å². The summed E-state index contributed by atoms with van der Waals surface area (Å²) in [5, 5.41) is 21.8. The molecule has 0 radical (unpaired) electrons. The van der Waals surface area contributed by atoms with Crippen LogP contribution >= 0.6 is 0 Å². The second-order valence-corrected chi connectivity index (χ2v) is 10.6. The molecule has 3 aliphatic rings. The van der Waals surface area contributed by atoms with Crippen LogP contribution in [0.15, 0.2) is 72.2 Å². The molecule has 6 atom stereocenters. The van der Waals surface area contributed by atoms with Crippen molar-refractivity contribution in [1.82, 2.24) is 24.4 Å². The van der Waals surface area contributed by atoms with Gasteiger partial charge in [0, 0.05) is 18.7 Å². The maximum atomic E-state index is 13.8. The highest BCUT2D eigenvalue weighted by molar-refractivity contribution is 6.21. The van der Waals surface area contributed by atoms with Gasteiger partial charge in [-0.25, -0.2) is 24.6 Å². The van der Waals surface area contributed by atoms with E-state index in [0.717, 1.165) is 11.3 Å². The molecule has 2 saturated heterocycles. The molecule has 42 heavy (non-hydrogen) atoms. The van der Waals surface area contributed by atoms with Crippen LogP contribution in [0.1, 0.15) is 30.6 Å². The van der Waals surface area contributed by atoms with Gasteiger partial charge in [-0.1, -0.05) is 36.4 Å². The van der Waals surface area contributed by atoms with Crippen LogP contribution in [-0.2, 0) is 9.53 Å². The summed E-state index contributed by atoms with van der Waals surface area (Å²) >= 11 is 0. The summed E-state index contributed by atoms with van der Waals surface area (Å²) in [4.78, 5) is 47.1. The van der Waals surface area contributed by atoms with Crippen molar-refractivity contribution in [1.29, 1.82) is 0 Å². The highest BCUT2D eigenvalue weighted by Crippen LogP contribution is 2.38. The van der Waals surface area contributed by atoms with Gasteiger partial charge in [-0.2, -0.15) is 0 Å². The van der Waals surface area contributed by atoms with Crippen LogP contribution in [0, 0.1) is 0 Å². The first-order valence-corrected chi connectivity index (χ1v) is 13.7. The molecule has 2 fully saturated rings. The Labute approximate surface area is 239 Å². The number of rotatable bonds is 7. The monoisotopic (exact) mass is 568 g/mol. The van der Waals surface area contributed by atoms with E-state index in [-0.39, 0.29) is 30.6 Å². The molecule has 4 aromatic rings. The number of ether oxygens (including phenoxy) is 1. The van der Waals surface area contributed by atoms with Gasteiger partial charge in [-0.15, -0.1) is 0 Å². The fraction of sp³-hybridized carbons (Fsp3) is 0.310. The van der Waals surface area contributed by atoms with Crippen molar-refractivity contribution in [2.24, 2.45) is 4.99 Å². The first-order valence-electron chi connectivity index (χ1n) is 13.7. The van der Waals surface area contributed by atoms with Crippen LogP contribution in [-0.4, -0.2) is 83.7 Å². The van der Waals surface area contributed by atoms with Gasteiger partial charge in [0.05, 0.1) is 23.8 Å². The Morgan fingerprint density at radius 3 is 2.57 bits per heavy atom. The van der Waals surface area contributed by atoms with Gasteiger partial charge in [0.2, 0.25) is 0 Å². The molecule has 0 saturated carbocycles. The minimum absolute atomic E-state index is 0.116. The highest BCUT2D eigenvalue weighted by atomic mass is 16.6. The van der Waals surface area contributed by atoms with E-state index in [4.69, 9.17) is 10.5 Å². The van der Waals surface area contributed by atoms with Gasteiger partial charge >= 0.3 is 6.03 Å². The van der Waals surface area contributed by atoms with Crippen LogP contribution in [0.4, 0.5) is 22.0 Å². The number of imidazole rings is 1. The lowest BCUT2D eigenvalue weighted by Gasteiger charge is -2.25. The number of carbonyl (C=O) groups excluding carboxylic acids is 2. The number of aliphatic hydroxyl groups is 2. The number of aromatic nitrogens is 4. The molecule has 0 spiro atoms. The largest absolute Gasteiger partial charge is 0.388 e. The van der Waals surface area contributed by atoms with E-state index in [1.54, 1.807) is 24.3 Å². The molecule has 214 valence electrons. The summed E-state index contributed by atoms with van der Waals surface area (Å²) in [6, 6.07) is 15.4. The van der Waals surface area contributed by atoms with Crippen LogP contribution in [0.3, 0.4) is 0 Å². The van der Waals surface area contributed by atoms with E-state index >= 15 is 0 Å². The number of fused-ring (bicyclic) bond motifs is 2. The third kappa shape index (κ3) is 4.21. The molecule has 3 amide bonds. The number of nitrogens with zero attached hydrogens (tertiary/aromatic N) is 7. The summed E-state index contributed by atoms with van der Waals surface area (Å²) in [5.41, 5.74) is 8.96.